The van der Waals surface area contributed by atoms with Crippen LogP contribution < -0.4 is 16.0 Å². The number of nitrogens with one attached hydrogen (secondary N) is 3. The fraction of sp³-hybridized carbons (Fsp3) is 0.467. The summed E-state index contributed by atoms with van der Waals surface area (Å²) in [6.45, 7) is 7.17. The van der Waals surface area contributed by atoms with Crippen LogP contribution in [0.2, 0.25) is 0 Å². The van der Waals surface area contributed by atoms with Crippen LogP contribution in [0.5, 0.6) is 0 Å². The van der Waals surface area contributed by atoms with Gasteiger partial charge < -0.3 is 16.0 Å². The van der Waals surface area contributed by atoms with E-state index in [1.807, 2.05) is 13.8 Å². The molecule has 0 fully saturated rings. The molecule has 0 radical (unpaired) electrons. The molecule has 1 aromatic carbocycles. The Morgan fingerprint density at radius 1 is 1.15 bits per heavy atom. The molecular weight excluding hydrogens is 254 g/mol. The van der Waals surface area contributed by atoms with E-state index in [1.54, 1.807) is 31.2 Å². The van der Waals surface area contributed by atoms with E-state index >= 15 is 0 Å². The van der Waals surface area contributed by atoms with Crippen LogP contribution in [0.3, 0.4) is 0 Å². The first kappa shape index (κ1) is 16.2. The zero-order valence-corrected chi connectivity index (χ0v) is 12.3. The molecule has 0 aliphatic rings. The van der Waals surface area contributed by atoms with E-state index in [-0.39, 0.29) is 17.7 Å². The predicted molar refractivity (Wildman–Crippen MR) is 81.7 cm³/mol. The summed E-state index contributed by atoms with van der Waals surface area (Å²) in [4.78, 5) is 23.3. The molecular formula is C15H23N3O2. The fourth-order valence-corrected chi connectivity index (χ4v) is 1.64. The van der Waals surface area contributed by atoms with Crippen molar-refractivity contribution in [1.29, 1.82) is 0 Å². The Bertz CT molecular complexity index is 460. The molecule has 2 amide bonds. The van der Waals surface area contributed by atoms with Crippen molar-refractivity contribution in [1.82, 2.24) is 5.32 Å². The molecule has 0 saturated heterocycles. The minimum atomic E-state index is -0.108. The Morgan fingerprint density at radius 3 is 2.40 bits per heavy atom. The quantitative estimate of drug-likeness (QED) is 0.715. The molecule has 5 heteroatoms. The topological polar surface area (TPSA) is 70.2 Å². The van der Waals surface area contributed by atoms with E-state index in [1.165, 1.54) is 0 Å². The van der Waals surface area contributed by atoms with E-state index in [4.69, 9.17) is 0 Å². The zero-order chi connectivity index (χ0) is 15.0. The molecule has 5 nitrogen and oxygen atoms in total. The third kappa shape index (κ3) is 5.40. The maximum atomic E-state index is 12.0. The lowest BCUT2D eigenvalue weighted by molar-refractivity contribution is -0.119. The summed E-state index contributed by atoms with van der Waals surface area (Å²) in [6.07, 6.45) is 0.427. The van der Waals surface area contributed by atoms with Gasteiger partial charge in [-0.1, -0.05) is 26.8 Å². The molecule has 1 aromatic rings. The Morgan fingerprint density at radius 2 is 1.80 bits per heavy atom. The molecule has 20 heavy (non-hydrogen) atoms. The Kier molecular flexibility index (Phi) is 6.73. The summed E-state index contributed by atoms with van der Waals surface area (Å²) in [5.41, 5.74) is 1.38. The van der Waals surface area contributed by atoms with E-state index in [0.29, 0.717) is 24.3 Å². The molecule has 1 rings (SSSR count). The van der Waals surface area contributed by atoms with Crippen molar-refractivity contribution >= 4 is 23.2 Å². The predicted octanol–water partition coefficient (Wildman–Crippen LogP) is 2.22. The molecule has 0 heterocycles. The number of rotatable bonds is 7. The van der Waals surface area contributed by atoms with Crippen LogP contribution in [0.4, 0.5) is 11.4 Å². The maximum absolute atomic E-state index is 12.0. The lowest BCUT2D eigenvalue weighted by atomic mass is 10.1. The summed E-state index contributed by atoms with van der Waals surface area (Å²) in [5, 5.41) is 8.76. The lowest BCUT2D eigenvalue weighted by Crippen LogP contribution is -2.30. The van der Waals surface area contributed by atoms with Crippen molar-refractivity contribution < 1.29 is 9.59 Å². The third-order valence-corrected chi connectivity index (χ3v) is 2.88. The average Bonchev–Trinajstić information content (AvgIpc) is 2.44. The second kappa shape index (κ2) is 8.32. The van der Waals surface area contributed by atoms with Crippen molar-refractivity contribution in [2.45, 2.75) is 27.2 Å². The van der Waals surface area contributed by atoms with Crippen molar-refractivity contribution in [2.75, 3.05) is 23.7 Å². The highest BCUT2D eigenvalue weighted by Crippen LogP contribution is 2.16. The Hall–Kier alpha value is -1.88. The molecule has 0 aliphatic heterocycles. The highest BCUT2D eigenvalue weighted by molar-refractivity contribution is 5.94. The fourth-order valence-electron chi connectivity index (χ4n) is 1.64. The zero-order valence-electron chi connectivity index (χ0n) is 12.3. The van der Waals surface area contributed by atoms with E-state index in [0.717, 1.165) is 6.54 Å². The molecule has 1 atom stereocenters. The molecule has 1 unspecified atom stereocenters. The molecule has 0 spiro atoms. The number of hydrogen-bond acceptors (Lipinski definition) is 3. The summed E-state index contributed by atoms with van der Waals surface area (Å²) in [7, 11) is 0. The highest BCUT2D eigenvalue weighted by atomic mass is 16.2. The first-order valence-corrected chi connectivity index (χ1v) is 6.98. The van der Waals surface area contributed by atoms with E-state index < -0.39 is 0 Å². The van der Waals surface area contributed by atoms with E-state index in [9.17, 15) is 9.59 Å². The molecule has 0 aliphatic carbocycles. The third-order valence-electron chi connectivity index (χ3n) is 2.88. The lowest BCUT2D eigenvalue weighted by Gasteiger charge is -2.13. The Balaban J connectivity index is 2.61. The van der Waals surface area contributed by atoms with Gasteiger partial charge in [-0.05, 0) is 24.7 Å². The van der Waals surface area contributed by atoms with Gasteiger partial charge in [0, 0.05) is 30.3 Å². The van der Waals surface area contributed by atoms with Gasteiger partial charge in [0.05, 0.1) is 0 Å². The number of carbonyl (C=O) groups is 2. The summed E-state index contributed by atoms with van der Waals surface area (Å²) in [5.74, 6) is -0.192. The second-order valence-electron chi connectivity index (χ2n) is 4.68. The standard InChI is InChI=1S/C15H23N3O2/c1-4-14(19)17-12-7-6-8-13(9-12)18-15(20)11(3)10-16-5-2/h6-9,11,16H,4-5,10H2,1-3H3,(H,17,19)(H,18,20). The van der Waals surface area contributed by atoms with E-state index in [2.05, 4.69) is 16.0 Å². The molecule has 0 saturated carbocycles. The van der Waals surface area contributed by atoms with Crippen LogP contribution in [0.25, 0.3) is 0 Å². The first-order valence-electron chi connectivity index (χ1n) is 6.98. The number of carbonyl (C=O) groups excluding carboxylic acids is 2. The molecule has 0 aromatic heterocycles. The Labute approximate surface area is 120 Å². The van der Waals surface area contributed by atoms with Gasteiger partial charge >= 0.3 is 0 Å². The van der Waals surface area contributed by atoms with Gasteiger partial charge in [0.1, 0.15) is 0 Å². The SMILES string of the molecule is CCNCC(C)C(=O)Nc1cccc(NC(=O)CC)c1. The van der Waals surface area contributed by atoms with Gasteiger partial charge in [-0.2, -0.15) is 0 Å². The monoisotopic (exact) mass is 277 g/mol. The van der Waals surface area contributed by atoms with Crippen molar-refractivity contribution in [3.05, 3.63) is 24.3 Å². The van der Waals surface area contributed by atoms with Crippen LogP contribution in [0, 0.1) is 5.92 Å². The highest BCUT2D eigenvalue weighted by Gasteiger charge is 2.12. The summed E-state index contributed by atoms with van der Waals surface area (Å²) >= 11 is 0. The number of anilines is 2. The van der Waals surface area contributed by atoms with Crippen molar-refractivity contribution in [3.8, 4) is 0 Å². The van der Waals surface area contributed by atoms with Crippen LogP contribution >= 0.6 is 0 Å². The van der Waals surface area contributed by atoms with Crippen LogP contribution in [0.15, 0.2) is 24.3 Å². The van der Waals surface area contributed by atoms with Gasteiger partial charge in [0.25, 0.3) is 0 Å². The number of hydrogen-bond donors (Lipinski definition) is 3. The normalized spacial score (nSPS) is 11.8. The second-order valence-corrected chi connectivity index (χ2v) is 4.68. The van der Waals surface area contributed by atoms with Gasteiger partial charge in [0.15, 0.2) is 0 Å². The smallest absolute Gasteiger partial charge is 0.228 e. The van der Waals surface area contributed by atoms with Crippen LogP contribution in [0.1, 0.15) is 27.2 Å². The van der Waals surface area contributed by atoms with Crippen LogP contribution in [-0.4, -0.2) is 24.9 Å². The molecule has 3 N–H and O–H groups in total. The van der Waals surface area contributed by atoms with Gasteiger partial charge in [0.2, 0.25) is 11.8 Å². The maximum Gasteiger partial charge on any atom is 0.228 e. The minimum absolute atomic E-state index is 0.0371. The minimum Gasteiger partial charge on any atom is -0.326 e. The summed E-state index contributed by atoms with van der Waals surface area (Å²) < 4.78 is 0. The average molecular weight is 277 g/mol. The molecule has 0 bridgehead atoms. The number of amides is 2. The van der Waals surface area contributed by atoms with Crippen molar-refractivity contribution in [3.63, 3.8) is 0 Å². The molecule has 110 valence electrons. The summed E-state index contributed by atoms with van der Waals surface area (Å²) in [6, 6.07) is 7.16. The van der Waals surface area contributed by atoms with Crippen molar-refractivity contribution in [2.24, 2.45) is 5.92 Å². The van der Waals surface area contributed by atoms with Gasteiger partial charge in [-0.15, -0.1) is 0 Å². The largest absolute Gasteiger partial charge is 0.326 e. The van der Waals surface area contributed by atoms with Gasteiger partial charge in [-0.25, -0.2) is 0 Å². The first-order chi connectivity index (χ1) is 9.56. The number of benzene rings is 1. The van der Waals surface area contributed by atoms with Crippen LogP contribution in [-0.2, 0) is 9.59 Å². The van der Waals surface area contributed by atoms with Gasteiger partial charge in [-0.3, -0.25) is 9.59 Å².